The number of benzene rings is 1. The number of carbonyl (C=O) groups is 1. The molecular formula is C16H24N2O. The van der Waals surface area contributed by atoms with Crippen LogP contribution in [0.15, 0.2) is 18.2 Å². The van der Waals surface area contributed by atoms with Crippen molar-refractivity contribution in [3.8, 4) is 0 Å². The van der Waals surface area contributed by atoms with Crippen LogP contribution in [-0.2, 0) is 17.6 Å². The van der Waals surface area contributed by atoms with E-state index in [2.05, 4.69) is 42.7 Å². The fraction of sp³-hybridized carbons (Fsp3) is 0.562. The molecule has 0 spiro atoms. The zero-order valence-electron chi connectivity index (χ0n) is 12.0. The summed E-state index contributed by atoms with van der Waals surface area (Å²) in [7, 11) is 0. The summed E-state index contributed by atoms with van der Waals surface area (Å²) in [4.78, 5) is 12.4. The van der Waals surface area contributed by atoms with E-state index >= 15 is 0 Å². The molecule has 1 aliphatic heterocycles. The Kier molecular flexibility index (Phi) is 4.97. The molecule has 0 aromatic heterocycles. The first kappa shape index (κ1) is 14.1. The summed E-state index contributed by atoms with van der Waals surface area (Å²) >= 11 is 0. The number of hydrogen-bond acceptors (Lipinski definition) is 2. The van der Waals surface area contributed by atoms with Crippen LogP contribution in [0.3, 0.4) is 0 Å². The second-order valence-electron chi connectivity index (χ2n) is 5.17. The fourth-order valence-corrected chi connectivity index (χ4v) is 2.71. The van der Waals surface area contributed by atoms with Crippen molar-refractivity contribution < 1.29 is 4.79 Å². The van der Waals surface area contributed by atoms with Crippen LogP contribution < -0.4 is 10.6 Å². The molecular weight excluding hydrogens is 236 g/mol. The largest absolute Gasteiger partial charge is 0.325 e. The van der Waals surface area contributed by atoms with Crippen LogP contribution in [0.1, 0.15) is 37.8 Å². The molecule has 3 heteroatoms. The van der Waals surface area contributed by atoms with Crippen LogP contribution in [0.25, 0.3) is 0 Å². The maximum absolute atomic E-state index is 12.4. The van der Waals surface area contributed by atoms with E-state index in [1.54, 1.807) is 0 Å². The highest BCUT2D eigenvalue weighted by Crippen LogP contribution is 2.24. The molecule has 19 heavy (non-hydrogen) atoms. The van der Waals surface area contributed by atoms with Gasteiger partial charge in [-0.2, -0.15) is 0 Å². The van der Waals surface area contributed by atoms with E-state index in [1.165, 1.54) is 11.1 Å². The highest BCUT2D eigenvalue weighted by molar-refractivity contribution is 5.94. The lowest BCUT2D eigenvalue weighted by Gasteiger charge is -2.23. The molecule has 0 saturated carbocycles. The SMILES string of the molecule is CCc1cccc(CC)c1NC(=O)C1CCNCC1. The summed E-state index contributed by atoms with van der Waals surface area (Å²) in [5.74, 6) is 0.355. The van der Waals surface area contributed by atoms with Gasteiger partial charge in [0.25, 0.3) is 0 Å². The highest BCUT2D eigenvalue weighted by atomic mass is 16.1. The maximum atomic E-state index is 12.4. The average Bonchev–Trinajstić information content (AvgIpc) is 2.48. The summed E-state index contributed by atoms with van der Waals surface area (Å²) in [5, 5.41) is 6.48. The Labute approximate surface area is 115 Å². The van der Waals surface area contributed by atoms with Crippen LogP contribution >= 0.6 is 0 Å². The smallest absolute Gasteiger partial charge is 0.227 e. The lowest BCUT2D eigenvalue weighted by atomic mass is 9.96. The molecule has 104 valence electrons. The summed E-state index contributed by atoms with van der Waals surface area (Å²) in [6.45, 7) is 6.17. The normalized spacial score (nSPS) is 16.3. The number of hydrogen-bond donors (Lipinski definition) is 2. The van der Waals surface area contributed by atoms with Crippen LogP contribution in [0.2, 0.25) is 0 Å². The molecule has 3 nitrogen and oxygen atoms in total. The Bertz CT molecular complexity index is 414. The Hall–Kier alpha value is -1.35. The van der Waals surface area contributed by atoms with Crippen LogP contribution in [0, 0.1) is 5.92 Å². The van der Waals surface area contributed by atoms with Gasteiger partial charge < -0.3 is 10.6 Å². The Morgan fingerprint density at radius 3 is 2.32 bits per heavy atom. The lowest BCUT2D eigenvalue weighted by Crippen LogP contribution is -2.35. The number of nitrogens with one attached hydrogen (secondary N) is 2. The number of anilines is 1. The first-order valence-electron chi connectivity index (χ1n) is 7.38. The van der Waals surface area contributed by atoms with Crippen molar-refractivity contribution in [3.05, 3.63) is 29.3 Å². The minimum Gasteiger partial charge on any atom is -0.325 e. The third-order valence-corrected chi connectivity index (χ3v) is 3.96. The second-order valence-corrected chi connectivity index (χ2v) is 5.17. The molecule has 0 radical (unpaired) electrons. The quantitative estimate of drug-likeness (QED) is 0.874. The molecule has 1 aromatic carbocycles. The molecule has 1 aliphatic rings. The van der Waals surface area contributed by atoms with Gasteiger partial charge in [0.05, 0.1) is 0 Å². The summed E-state index contributed by atoms with van der Waals surface area (Å²) in [6.07, 6.45) is 3.80. The second kappa shape index (κ2) is 6.71. The highest BCUT2D eigenvalue weighted by Gasteiger charge is 2.22. The van der Waals surface area contributed by atoms with Crippen molar-refractivity contribution in [3.63, 3.8) is 0 Å². The van der Waals surface area contributed by atoms with Crippen molar-refractivity contribution in [1.82, 2.24) is 5.32 Å². The molecule has 1 fully saturated rings. The number of amides is 1. The number of carbonyl (C=O) groups excluding carboxylic acids is 1. The summed E-state index contributed by atoms with van der Waals surface area (Å²) in [5.41, 5.74) is 3.53. The van der Waals surface area contributed by atoms with Gasteiger partial charge in [-0.25, -0.2) is 0 Å². The van der Waals surface area contributed by atoms with Gasteiger partial charge in [-0.15, -0.1) is 0 Å². The van der Waals surface area contributed by atoms with Gasteiger partial charge in [-0.1, -0.05) is 32.0 Å². The van der Waals surface area contributed by atoms with E-state index in [-0.39, 0.29) is 11.8 Å². The van der Waals surface area contributed by atoms with Gasteiger partial charge in [0.2, 0.25) is 5.91 Å². The number of para-hydroxylation sites is 1. The van der Waals surface area contributed by atoms with Crippen molar-refractivity contribution >= 4 is 11.6 Å². The van der Waals surface area contributed by atoms with Gasteiger partial charge >= 0.3 is 0 Å². The van der Waals surface area contributed by atoms with Gasteiger partial charge in [-0.05, 0) is 49.9 Å². The number of rotatable bonds is 4. The number of aryl methyl sites for hydroxylation is 2. The van der Waals surface area contributed by atoms with E-state index in [0.29, 0.717) is 0 Å². The van der Waals surface area contributed by atoms with Crippen LogP contribution in [0.4, 0.5) is 5.69 Å². The molecule has 1 amide bonds. The van der Waals surface area contributed by atoms with Gasteiger partial charge in [-0.3, -0.25) is 4.79 Å². The van der Waals surface area contributed by atoms with E-state index in [0.717, 1.165) is 44.5 Å². The molecule has 0 atom stereocenters. The van der Waals surface area contributed by atoms with E-state index in [9.17, 15) is 4.79 Å². The first-order chi connectivity index (χ1) is 9.26. The molecule has 0 aliphatic carbocycles. The molecule has 0 bridgehead atoms. The Balaban J connectivity index is 2.15. The van der Waals surface area contributed by atoms with Crippen LogP contribution in [0.5, 0.6) is 0 Å². The summed E-state index contributed by atoms with van der Waals surface area (Å²) < 4.78 is 0. The molecule has 1 heterocycles. The lowest BCUT2D eigenvalue weighted by molar-refractivity contribution is -0.120. The van der Waals surface area contributed by atoms with E-state index < -0.39 is 0 Å². The Morgan fingerprint density at radius 2 is 1.79 bits per heavy atom. The molecule has 1 saturated heterocycles. The third kappa shape index (κ3) is 3.35. The standard InChI is InChI=1S/C16H24N2O/c1-3-12-6-5-7-13(4-2)15(12)18-16(19)14-8-10-17-11-9-14/h5-7,14,17H,3-4,8-11H2,1-2H3,(H,18,19). The topological polar surface area (TPSA) is 41.1 Å². The van der Waals surface area contributed by atoms with E-state index in [4.69, 9.17) is 0 Å². The molecule has 1 aromatic rings. The minimum absolute atomic E-state index is 0.163. The zero-order valence-corrected chi connectivity index (χ0v) is 12.0. The predicted octanol–water partition coefficient (Wildman–Crippen LogP) is 2.75. The monoisotopic (exact) mass is 260 g/mol. The minimum atomic E-state index is 0.163. The van der Waals surface area contributed by atoms with Crippen molar-refractivity contribution in [2.45, 2.75) is 39.5 Å². The van der Waals surface area contributed by atoms with Gasteiger partial charge in [0.1, 0.15) is 0 Å². The average molecular weight is 260 g/mol. The fourth-order valence-electron chi connectivity index (χ4n) is 2.71. The molecule has 0 unspecified atom stereocenters. The summed E-state index contributed by atoms with van der Waals surface area (Å²) in [6, 6.07) is 6.30. The van der Waals surface area contributed by atoms with Crippen LogP contribution in [-0.4, -0.2) is 19.0 Å². The Morgan fingerprint density at radius 1 is 1.21 bits per heavy atom. The predicted molar refractivity (Wildman–Crippen MR) is 79.4 cm³/mol. The van der Waals surface area contributed by atoms with E-state index in [1.807, 2.05) is 0 Å². The number of piperidine rings is 1. The maximum Gasteiger partial charge on any atom is 0.227 e. The zero-order chi connectivity index (χ0) is 13.7. The van der Waals surface area contributed by atoms with Gasteiger partial charge in [0.15, 0.2) is 0 Å². The van der Waals surface area contributed by atoms with Crippen molar-refractivity contribution in [2.75, 3.05) is 18.4 Å². The van der Waals surface area contributed by atoms with Crippen molar-refractivity contribution in [1.29, 1.82) is 0 Å². The molecule has 2 N–H and O–H groups in total. The van der Waals surface area contributed by atoms with Crippen molar-refractivity contribution in [2.24, 2.45) is 5.92 Å². The van der Waals surface area contributed by atoms with Gasteiger partial charge in [0, 0.05) is 11.6 Å². The molecule has 2 rings (SSSR count). The third-order valence-electron chi connectivity index (χ3n) is 3.96. The first-order valence-corrected chi connectivity index (χ1v) is 7.38.